The van der Waals surface area contributed by atoms with E-state index in [4.69, 9.17) is 5.26 Å². The number of β-lactam (4-membered cyclic amide) rings is 1. The predicted molar refractivity (Wildman–Crippen MR) is 64.5 cm³/mol. The summed E-state index contributed by atoms with van der Waals surface area (Å²) in [5.74, 6) is 2.63. The first-order chi connectivity index (χ1) is 7.84. The summed E-state index contributed by atoms with van der Waals surface area (Å²) in [6, 6.07) is 0.974. The molecule has 0 aromatic heterocycles. The summed E-state index contributed by atoms with van der Waals surface area (Å²) in [4.78, 5) is 24.4. The lowest BCUT2D eigenvalue weighted by molar-refractivity contribution is -0.152. The molecule has 0 spiro atoms. The van der Waals surface area contributed by atoms with Crippen LogP contribution in [0.4, 0.5) is 0 Å². The highest BCUT2D eigenvalue weighted by atomic mass is 32.2. The van der Waals surface area contributed by atoms with Crippen LogP contribution in [0.2, 0.25) is 0 Å². The van der Waals surface area contributed by atoms with Gasteiger partial charge in [0.25, 0.3) is 5.91 Å². The average molecular weight is 252 g/mol. The Morgan fingerprint density at radius 1 is 1.71 bits per heavy atom. The Hall–Kier alpha value is -1.61. The second-order valence-electron chi connectivity index (χ2n) is 4.57. The third kappa shape index (κ3) is 1.29. The van der Waals surface area contributed by atoms with Crippen molar-refractivity contribution in [2.45, 2.75) is 30.0 Å². The van der Waals surface area contributed by atoms with Crippen LogP contribution in [0, 0.1) is 11.3 Å². The van der Waals surface area contributed by atoms with Crippen molar-refractivity contribution in [2.24, 2.45) is 0 Å². The van der Waals surface area contributed by atoms with Crippen LogP contribution in [-0.4, -0.2) is 43.9 Å². The van der Waals surface area contributed by atoms with Crippen molar-refractivity contribution in [1.29, 1.82) is 5.26 Å². The van der Waals surface area contributed by atoms with Gasteiger partial charge in [-0.05, 0) is 13.8 Å². The normalized spacial score (nSPS) is 36.3. The van der Waals surface area contributed by atoms with Gasteiger partial charge < -0.3 is 10.0 Å². The Kier molecular flexibility index (Phi) is 2.40. The maximum Gasteiger partial charge on any atom is 0.327 e. The van der Waals surface area contributed by atoms with E-state index in [1.54, 1.807) is 13.8 Å². The maximum atomic E-state index is 11.8. The van der Waals surface area contributed by atoms with Gasteiger partial charge in [0.05, 0.1) is 11.6 Å². The fraction of sp³-hybridized carbons (Fsp3) is 0.455. The zero-order valence-electron chi connectivity index (χ0n) is 9.51. The molecule has 2 aliphatic rings. The molecule has 0 saturated carbocycles. The first-order valence-corrected chi connectivity index (χ1v) is 6.47. The van der Waals surface area contributed by atoms with Gasteiger partial charge in [0.2, 0.25) is 0 Å². The summed E-state index contributed by atoms with van der Waals surface area (Å²) in [6.07, 6.45) is 1.20. The molecule has 2 aliphatic heterocycles. The quantitative estimate of drug-likeness (QED) is 0.320. The van der Waals surface area contributed by atoms with Crippen LogP contribution in [0.25, 0.3) is 0 Å². The standard InChI is InChI=1S/C11H12N2O3S/c1-11(2)7(10(15)16)13-8(14)6(4-5-12)9(13)17(11)3/h4,7,9H,3H2,1-2H3,(H,15,16)/t7-,9+,17?/m0/s1. The average Bonchev–Trinajstić information content (AvgIpc) is 2.42. The molecule has 2 saturated heterocycles. The monoisotopic (exact) mass is 252 g/mol. The molecule has 1 amide bonds. The second kappa shape index (κ2) is 3.44. The van der Waals surface area contributed by atoms with Gasteiger partial charge in [0, 0.05) is 10.8 Å². The molecule has 6 heteroatoms. The summed E-state index contributed by atoms with van der Waals surface area (Å²) in [6.45, 7) is 3.61. The van der Waals surface area contributed by atoms with Crippen molar-refractivity contribution in [3.8, 4) is 6.07 Å². The Morgan fingerprint density at radius 2 is 2.29 bits per heavy atom. The van der Waals surface area contributed by atoms with Crippen molar-refractivity contribution >= 4 is 28.2 Å². The van der Waals surface area contributed by atoms with E-state index in [-0.39, 0.29) is 11.3 Å². The zero-order chi connectivity index (χ0) is 13.0. The molecule has 2 heterocycles. The molecule has 2 fully saturated rings. The van der Waals surface area contributed by atoms with Crippen molar-refractivity contribution in [2.75, 3.05) is 0 Å². The molecule has 0 aromatic rings. The summed E-state index contributed by atoms with van der Waals surface area (Å²) in [5.41, 5.74) is 0.391. The second-order valence-corrected chi connectivity index (χ2v) is 6.92. The first kappa shape index (κ1) is 11.9. The van der Waals surface area contributed by atoms with Gasteiger partial charge in [-0.1, -0.05) is 5.87 Å². The Balaban J connectivity index is 2.49. The van der Waals surface area contributed by atoms with Crippen LogP contribution in [0.15, 0.2) is 11.6 Å². The number of carboxylic acid groups (broad SMARTS) is 1. The molecule has 1 unspecified atom stereocenters. The molecule has 1 N–H and O–H groups in total. The van der Waals surface area contributed by atoms with Crippen LogP contribution in [0.1, 0.15) is 13.8 Å². The highest BCUT2D eigenvalue weighted by Gasteiger charge is 2.62. The largest absolute Gasteiger partial charge is 0.480 e. The molecule has 3 atom stereocenters. The molecule has 90 valence electrons. The van der Waals surface area contributed by atoms with E-state index in [2.05, 4.69) is 5.87 Å². The molecule has 0 bridgehead atoms. The van der Waals surface area contributed by atoms with Gasteiger partial charge in [-0.3, -0.25) is 4.79 Å². The molecular weight excluding hydrogens is 240 g/mol. The van der Waals surface area contributed by atoms with Crippen LogP contribution in [0.3, 0.4) is 0 Å². The van der Waals surface area contributed by atoms with E-state index in [0.29, 0.717) is 5.57 Å². The highest BCUT2D eigenvalue weighted by molar-refractivity contribution is 8.16. The summed E-state index contributed by atoms with van der Waals surface area (Å²) in [7, 11) is -0.519. The summed E-state index contributed by atoms with van der Waals surface area (Å²) >= 11 is 0. The maximum absolute atomic E-state index is 11.8. The number of fused-ring (bicyclic) bond motifs is 1. The van der Waals surface area contributed by atoms with E-state index >= 15 is 0 Å². The lowest BCUT2D eigenvalue weighted by Crippen LogP contribution is -2.58. The zero-order valence-corrected chi connectivity index (χ0v) is 10.3. The Bertz CT molecular complexity index is 515. The minimum atomic E-state index is -1.01. The topological polar surface area (TPSA) is 81.4 Å². The predicted octanol–water partition coefficient (Wildman–Crippen LogP) is 0.551. The smallest absolute Gasteiger partial charge is 0.327 e. The van der Waals surface area contributed by atoms with Crippen molar-refractivity contribution in [3.63, 3.8) is 0 Å². The van der Waals surface area contributed by atoms with Crippen LogP contribution in [0.5, 0.6) is 0 Å². The summed E-state index contributed by atoms with van der Waals surface area (Å²) < 4.78 is -0.572. The fourth-order valence-corrected chi connectivity index (χ4v) is 4.42. The number of amides is 1. The number of carbonyl (C=O) groups excluding carboxylic acids is 1. The number of nitrogens with zero attached hydrogens (tertiary/aromatic N) is 2. The SMILES string of the molecule is C=S1[C@@H]2C(=CC#N)C(=O)N2[C@@H](C(=O)O)C1(C)C. The molecule has 0 aliphatic carbocycles. The van der Waals surface area contributed by atoms with Crippen molar-refractivity contribution in [1.82, 2.24) is 4.90 Å². The Morgan fingerprint density at radius 3 is 2.76 bits per heavy atom. The van der Waals surface area contributed by atoms with Crippen LogP contribution >= 0.6 is 10.5 Å². The molecule has 17 heavy (non-hydrogen) atoms. The minimum absolute atomic E-state index is 0.307. The van der Waals surface area contributed by atoms with Gasteiger partial charge >= 0.3 is 5.97 Å². The lowest BCUT2D eigenvalue weighted by Gasteiger charge is -2.39. The van der Waals surface area contributed by atoms with E-state index in [1.807, 2.05) is 6.07 Å². The van der Waals surface area contributed by atoms with Gasteiger partial charge in [-0.2, -0.15) is 15.7 Å². The van der Waals surface area contributed by atoms with Gasteiger partial charge in [-0.15, -0.1) is 0 Å². The fourth-order valence-electron chi connectivity index (χ4n) is 2.37. The number of rotatable bonds is 1. The van der Waals surface area contributed by atoms with E-state index in [1.165, 1.54) is 11.0 Å². The third-order valence-corrected chi connectivity index (χ3v) is 5.93. The van der Waals surface area contributed by atoms with E-state index in [9.17, 15) is 14.7 Å². The lowest BCUT2D eigenvalue weighted by atomic mass is 9.96. The first-order valence-electron chi connectivity index (χ1n) is 5.02. The third-order valence-electron chi connectivity index (χ3n) is 3.34. The molecule has 0 aromatic carbocycles. The van der Waals surface area contributed by atoms with Gasteiger partial charge in [0.1, 0.15) is 11.4 Å². The van der Waals surface area contributed by atoms with E-state index in [0.717, 1.165) is 0 Å². The molecular formula is C11H12N2O3S. The molecule has 5 nitrogen and oxygen atoms in total. The van der Waals surface area contributed by atoms with Gasteiger partial charge in [0.15, 0.2) is 0 Å². The molecule has 0 radical (unpaired) electrons. The number of carbonyl (C=O) groups is 2. The number of allylic oxidation sites excluding steroid dienone is 1. The Labute approximate surface area is 101 Å². The minimum Gasteiger partial charge on any atom is -0.480 e. The van der Waals surface area contributed by atoms with Crippen molar-refractivity contribution in [3.05, 3.63) is 11.6 Å². The summed E-state index contributed by atoms with van der Waals surface area (Å²) in [5, 5.41) is 17.5. The number of nitriles is 1. The van der Waals surface area contributed by atoms with Gasteiger partial charge in [-0.25, -0.2) is 4.79 Å². The number of hydrogen-bond acceptors (Lipinski definition) is 3. The number of aliphatic carboxylic acids is 1. The number of carboxylic acids is 1. The highest BCUT2D eigenvalue weighted by Crippen LogP contribution is 2.56. The number of hydrogen-bond donors (Lipinski definition) is 1. The van der Waals surface area contributed by atoms with Crippen LogP contribution < -0.4 is 0 Å². The van der Waals surface area contributed by atoms with Crippen molar-refractivity contribution < 1.29 is 14.7 Å². The molecule has 2 rings (SSSR count). The van der Waals surface area contributed by atoms with Crippen LogP contribution in [-0.2, 0) is 9.59 Å². The van der Waals surface area contributed by atoms with E-state index < -0.39 is 27.2 Å².